The number of hydrogen-bond donors (Lipinski definition) is 1. The Hall–Kier alpha value is -0.570. The molecule has 0 aliphatic heterocycles. The van der Waals surface area contributed by atoms with E-state index in [1.54, 1.807) is 13.8 Å². The molecule has 0 unspecified atom stereocenters. The molecule has 0 saturated carbocycles. The Morgan fingerprint density at radius 1 is 1.67 bits per heavy atom. The lowest BCUT2D eigenvalue weighted by atomic mass is 10.1. The molecule has 3 nitrogen and oxygen atoms in total. The standard InChI is InChI=1S/C6H12NO2/c1-6(2,9-4)5(8)7-3/h3H2,1-2,4H3,(H,7,8). The summed E-state index contributed by atoms with van der Waals surface area (Å²) in [6.07, 6.45) is 0. The van der Waals surface area contributed by atoms with Crippen LogP contribution in [0.3, 0.4) is 0 Å². The van der Waals surface area contributed by atoms with Crippen LogP contribution in [0.4, 0.5) is 0 Å². The minimum Gasteiger partial charge on any atom is -0.369 e. The number of nitrogens with one attached hydrogen (secondary N) is 1. The lowest BCUT2D eigenvalue weighted by molar-refractivity contribution is -0.138. The second-order valence-corrected chi connectivity index (χ2v) is 2.22. The zero-order chi connectivity index (χ0) is 7.49. The van der Waals surface area contributed by atoms with Gasteiger partial charge in [-0.1, -0.05) is 0 Å². The van der Waals surface area contributed by atoms with Gasteiger partial charge in [-0.3, -0.25) is 4.79 Å². The van der Waals surface area contributed by atoms with Crippen LogP contribution >= 0.6 is 0 Å². The largest absolute Gasteiger partial charge is 0.369 e. The maximum Gasteiger partial charge on any atom is 0.251 e. The van der Waals surface area contributed by atoms with Crippen molar-refractivity contribution in [3.05, 3.63) is 7.05 Å². The highest BCUT2D eigenvalue weighted by molar-refractivity contribution is 5.84. The van der Waals surface area contributed by atoms with Crippen LogP contribution in [0.5, 0.6) is 0 Å². The monoisotopic (exact) mass is 130 g/mol. The zero-order valence-corrected chi connectivity index (χ0v) is 6.02. The van der Waals surface area contributed by atoms with Gasteiger partial charge in [-0.15, -0.1) is 0 Å². The maximum atomic E-state index is 10.8. The van der Waals surface area contributed by atoms with E-state index in [4.69, 9.17) is 4.74 Å². The lowest BCUT2D eigenvalue weighted by Gasteiger charge is -2.19. The quantitative estimate of drug-likeness (QED) is 0.584. The average molecular weight is 130 g/mol. The molecule has 1 radical (unpaired) electrons. The topological polar surface area (TPSA) is 38.3 Å². The Morgan fingerprint density at radius 2 is 2.11 bits per heavy atom. The summed E-state index contributed by atoms with van der Waals surface area (Å²) in [6.45, 7) is 3.35. The van der Waals surface area contributed by atoms with E-state index < -0.39 is 5.60 Å². The predicted molar refractivity (Wildman–Crippen MR) is 34.6 cm³/mol. The molecular weight excluding hydrogens is 118 g/mol. The predicted octanol–water partition coefficient (Wildman–Crippen LogP) is 0.319. The number of ether oxygens (including phenoxy) is 1. The van der Waals surface area contributed by atoms with E-state index in [-0.39, 0.29) is 5.91 Å². The number of carbonyl (C=O) groups excluding carboxylic acids is 1. The van der Waals surface area contributed by atoms with Gasteiger partial charge in [0.1, 0.15) is 5.60 Å². The van der Waals surface area contributed by atoms with Crippen LogP contribution in [0.25, 0.3) is 0 Å². The Balaban J connectivity index is 3.97. The number of carbonyl (C=O) groups is 1. The number of hydrogen-bond acceptors (Lipinski definition) is 2. The second kappa shape index (κ2) is 2.82. The van der Waals surface area contributed by atoms with Gasteiger partial charge in [0.05, 0.1) is 0 Å². The molecule has 0 fully saturated rings. The molecule has 9 heavy (non-hydrogen) atoms. The van der Waals surface area contributed by atoms with Crippen molar-refractivity contribution in [3.8, 4) is 0 Å². The van der Waals surface area contributed by atoms with Gasteiger partial charge in [0.15, 0.2) is 0 Å². The van der Waals surface area contributed by atoms with Crippen molar-refractivity contribution in [2.24, 2.45) is 0 Å². The summed E-state index contributed by atoms with van der Waals surface area (Å²) in [7, 11) is 4.70. The highest BCUT2D eigenvalue weighted by atomic mass is 16.5. The summed E-state index contributed by atoms with van der Waals surface area (Å²) in [5.74, 6) is -0.218. The van der Waals surface area contributed by atoms with E-state index in [2.05, 4.69) is 12.4 Å². The Morgan fingerprint density at radius 3 is 2.22 bits per heavy atom. The first-order valence-corrected chi connectivity index (χ1v) is 2.67. The molecule has 0 atom stereocenters. The molecule has 53 valence electrons. The summed E-state index contributed by atoms with van der Waals surface area (Å²) in [4.78, 5) is 10.8. The number of methoxy groups -OCH3 is 1. The lowest BCUT2D eigenvalue weighted by Crippen LogP contribution is -2.40. The SMILES string of the molecule is [CH2]NC(=O)C(C)(C)OC. The highest BCUT2D eigenvalue weighted by Gasteiger charge is 2.24. The van der Waals surface area contributed by atoms with Crippen LogP contribution in [-0.2, 0) is 9.53 Å². The normalized spacial score (nSPS) is 11.1. The van der Waals surface area contributed by atoms with Crippen LogP contribution < -0.4 is 5.32 Å². The molecule has 0 aromatic heterocycles. The summed E-state index contributed by atoms with van der Waals surface area (Å²) in [6, 6.07) is 0. The van der Waals surface area contributed by atoms with Gasteiger partial charge < -0.3 is 10.1 Å². The van der Waals surface area contributed by atoms with E-state index in [0.29, 0.717) is 0 Å². The molecule has 0 aliphatic rings. The summed E-state index contributed by atoms with van der Waals surface area (Å²) < 4.78 is 4.84. The van der Waals surface area contributed by atoms with Crippen molar-refractivity contribution >= 4 is 5.91 Å². The van der Waals surface area contributed by atoms with Crippen molar-refractivity contribution in [2.45, 2.75) is 19.4 Å². The molecule has 0 spiro atoms. The second-order valence-electron chi connectivity index (χ2n) is 2.22. The molecule has 0 aliphatic carbocycles. The Labute approximate surface area is 55.4 Å². The fourth-order valence-electron chi connectivity index (χ4n) is 0.306. The van der Waals surface area contributed by atoms with Crippen molar-refractivity contribution in [3.63, 3.8) is 0 Å². The third-order valence-electron chi connectivity index (χ3n) is 1.22. The third kappa shape index (κ3) is 2.01. The van der Waals surface area contributed by atoms with E-state index in [0.717, 1.165) is 0 Å². The van der Waals surface area contributed by atoms with Crippen molar-refractivity contribution in [1.29, 1.82) is 0 Å². The molecule has 0 bridgehead atoms. The maximum absolute atomic E-state index is 10.8. The Kier molecular flexibility index (Phi) is 2.65. The van der Waals surface area contributed by atoms with E-state index in [9.17, 15) is 4.79 Å². The first-order valence-electron chi connectivity index (χ1n) is 2.67. The van der Waals surface area contributed by atoms with Gasteiger partial charge in [-0.2, -0.15) is 0 Å². The average Bonchev–Trinajstić information content (AvgIpc) is 1.86. The fourth-order valence-corrected chi connectivity index (χ4v) is 0.306. The van der Waals surface area contributed by atoms with Crippen LogP contribution in [-0.4, -0.2) is 18.6 Å². The molecule has 1 N–H and O–H groups in total. The van der Waals surface area contributed by atoms with E-state index >= 15 is 0 Å². The molecule has 0 heterocycles. The zero-order valence-electron chi connectivity index (χ0n) is 6.02. The summed E-state index contributed by atoms with van der Waals surface area (Å²) >= 11 is 0. The van der Waals surface area contributed by atoms with Gasteiger partial charge in [0, 0.05) is 14.2 Å². The van der Waals surface area contributed by atoms with Crippen LogP contribution in [0, 0.1) is 7.05 Å². The van der Waals surface area contributed by atoms with Crippen molar-refractivity contribution < 1.29 is 9.53 Å². The number of amides is 1. The van der Waals surface area contributed by atoms with E-state index in [1.807, 2.05) is 0 Å². The first-order chi connectivity index (χ1) is 4.04. The van der Waals surface area contributed by atoms with Gasteiger partial charge >= 0.3 is 0 Å². The molecule has 0 aromatic carbocycles. The summed E-state index contributed by atoms with van der Waals surface area (Å²) in [5, 5.41) is 2.24. The Bertz CT molecular complexity index is 110. The highest BCUT2D eigenvalue weighted by Crippen LogP contribution is 2.05. The van der Waals surface area contributed by atoms with Gasteiger partial charge in [0.25, 0.3) is 5.91 Å². The smallest absolute Gasteiger partial charge is 0.251 e. The molecule has 1 amide bonds. The van der Waals surface area contributed by atoms with Crippen molar-refractivity contribution in [1.82, 2.24) is 5.32 Å². The molecule has 0 rings (SSSR count). The number of rotatable bonds is 2. The van der Waals surface area contributed by atoms with Crippen LogP contribution in [0.15, 0.2) is 0 Å². The minimum atomic E-state index is -0.762. The van der Waals surface area contributed by atoms with Gasteiger partial charge in [-0.25, -0.2) is 0 Å². The minimum absolute atomic E-state index is 0.218. The van der Waals surface area contributed by atoms with Gasteiger partial charge in [0.2, 0.25) is 0 Å². The molecule has 0 aromatic rings. The molecule has 3 heteroatoms. The fraction of sp³-hybridized carbons (Fsp3) is 0.667. The van der Waals surface area contributed by atoms with Crippen LogP contribution in [0.2, 0.25) is 0 Å². The van der Waals surface area contributed by atoms with Gasteiger partial charge in [-0.05, 0) is 13.8 Å². The molecular formula is C6H12NO2. The van der Waals surface area contributed by atoms with Crippen LogP contribution in [0.1, 0.15) is 13.8 Å². The summed E-state index contributed by atoms with van der Waals surface area (Å²) in [5.41, 5.74) is -0.762. The van der Waals surface area contributed by atoms with E-state index in [1.165, 1.54) is 7.11 Å². The third-order valence-corrected chi connectivity index (χ3v) is 1.22. The van der Waals surface area contributed by atoms with Crippen molar-refractivity contribution in [2.75, 3.05) is 7.11 Å². The first kappa shape index (κ1) is 8.43. The molecule has 0 saturated heterocycles.